The number of rotatable bonds is 2. The first-order valence-electron chi connectivity index (χ1n) is 6.21. The number of aryl methyl sites for hydroxylation is 1. The fourth-order valence-electron chi connectivity index (χ4n) is 2.02. The first-order valence-corrected chi connectivity index (χ1v) is 8.67. The molecule has 0 bridgehead atoms. The third kappa shape index (κ3) is 2.66. The topological polar surface area (TPSA) is 34.4 Å². The summed E-state index contributed by atoms with van der Waals surface area (Å²) in [5.41, 5.74) is 0.828. The van der Waals surface area contributed by atoms with Crippen LogP contribution in [0.15, 0.2) is 34.6 Å². The Kier molecular flexibility index (Phi) is 4.17. The minimum Gasteiger partial charge on any atom is -0.315 e. The lowest BCUT2D eigenvalue weighted by Gasteiger charge is -2.03. The molecule has 7 heteroatoms. The van der Waals surface area contributed by atoms with Crippen LogP contribution in [0.3, 0.4) is 0 Å². The lowest BCUT2D eigenvalue weighted by atomic mass is 10.3. The number of aromatic nitrogens is 1. The van der Waals surface area contributed by atoms with E-state index in [1.54, 1.807) is 12.1 Å². The zero-order valence-corrected chi connectivity index (χ0v) is 14.1. The fraction of sp³-hybridized carbons (Fsp3) is 0.143. The number of hydrogen-bond donors (Lipinski definition) is 0. The normalized spacial score (nSPS) is 12.2. The summed E-state index contributed by atoms with van der Waals surface area (Å²) in [7, 11) is 0. The second-order valence-electron chi connectivity index (χ2n) is 4.23. The zero-order chi connectivity index (χ0) is 15.0. The lowest BCUT2D eigenvalue weighted by molar-refractivity contribution is 0.100. The Bertz CT molecular complexity index is 878. The molecule has 0 aliphatic rings. The van der Waals surface area contributed by atoms with E-state index in [2.05, 4.69) is 4.99 Å². The van der Waals surface area contributed by atoms with Crippen molar-refractivity contribution < 1.29 is 4.79 Å². The molecule has 1 aromatic carbocycles. The van der Waals surface area contributed by atoms with Crippen LogP contribution in [0, 0.1) is 0 Å². The minimum absolute atomic E-state index is 0.235. The van der Waals surface area contributed by atoms with Crippen LogP contribution in [0.2, 0.25) is 10.0 Å². The summed E-state index contributed by atoms with van der Waals surface area (Å²) in [6, 6.07) is 7.26. The van der Waals surface area contributed by atoms with Crippen molar-refractivity contribution >= 4 is 62.0 Å². The quantitative estimate of drug-likeness (QED) is 0.647. The minimum atomic E-state index is -0.235. The van der Waals surface area contributed by atoms with Crippen molar-refractivity contribution in [2.75, 3.05) is 0 Å². The van der Waals surface area contributed by atoms with Crippen LogP contribution in [0.5, 0.6) is 0 Å². The molecule has 21 heavy (non-hydrogen) atoms. The van der Waals surface area contributed by atoms with E-state index in [0.29, 0.717) is 26.3 Å². The maximum Gasteiger partial charge on any atom is 0.289 e. The van der Waals surface area contributed by atoms with Gasteiger partial charge in [0.05, 0.1) is 25.1 Å². The molecule has 0 aliphatic carbocycles. The number of amides is 1. The summed E-state index contributed by atoms with van der Waals surface area (Å²) >= 11 is 15.2. The molecule has 0 spiro atoms. The maximum atomic E-state index is 12.2. The SMILES string of the molecule is CCn1c(=NC(=O)c2cccs2)sc2ccc(Cl)c(Cl)c21. The number of fused-ring (bicyclic) bond motifs is 1. The van der Waals surface area contributed by atoms with Crippen LogP contribution in [-0.4, -0.2) is 10.5 Å². The van der Waals surface area contributed by atoms with Crippen LogP contribution >= 0.6 is 45.9 Å². The summed E-state index contributed by atoms with van der Waals surface area (Å²) < 4.78 is 2.88. The van der Waals surface area contributed by atoms with E-state index in [4.69, 9.17) is 23.2 Å². The Hall–Kier alpha value is -1.14. The molecule has 0 radical (unpaired) electrons. The number of halogens is 2. The predicted octanol–water partition coefficient (Wildman–Crippen LogP) is 4.83. The molecule has 2 heterocycles. The highest BCUT2D eigenvalue weighted by atomic mass is 35.5. The second kappa shape index (κ2) is 5.93. The van der Waals surface area contributed by atoms with Crippen molar-refractivity contribution in [1.29, 1.82) is 0 Å². The van der Waals surface area contributed by atoms with Gasteiger partial charge in [-0.2, -0.15) is 4.99 Å². The number of hydrogen-bond acceptors (Lipinski definition) is 3. The molecule has 0 saturated heterocycles. The van der Waals surface area contributed by atoms with Crippen molar-refractivity contribution in [3.63, 3.8) is 0 Å². The van der Waals surface area contributed by atoms with Gasteiger partial charge in [-0.15, -0.1) is 11.3 Å². The first kappa shape index (κ1) is 14.8. The highest BCUT2D eigenvalue weighted by Gasteiger charge is 2.13. The summed E-state index contributed by atoms with van der Waals surface area (Å²) in [5, 5.41) is 2.86. The smallest absolute Gasteiger partial charge is 0.289 e. The van der Waals surface area contributed by atoms with Gasteiger partial charge in [-0.3, -0.25) is 4.79 Å². The van der Waals surface area contributed by atoms with Gasteiger partial charge in [-0.25, -0.2) is 0 Å². The highest BCUT2D eigenvalue weighted by Crippen LogP contribution is 2.32. The van der Waals surface area contributed by atoms with E-state index in [9.17, 15) is 4.79 Å². The molecule has 2 aromatic heterocycles. The van der Waals surface area contributed by atoms with Crippen LogP contribution in [0.1, 0.15) is 16.6 Å². The molecule has 0 unspecified atom stereocenters. The molecule has 3 aromatic rings. The van der Waals surface area contributed by atoms with Gasteiger partial charge < -0.3 is 4.57 Å². The standard InChI is InChI=1S/C14H10Cl2N2OS2/c1-2-18-12-9(6-5-8(15)11(12)16)21-14(18)17-13(19)10-4-3-7-20-10/h3-7H,2H2,1H3. The number of benzene rings is 1. The molecule has 3 nitrogen and oxygen atoms in total. The molecular weight excluding hydrogens is 347 g/mol. The highest BCUT2D eigenvalue weighted by molar-refractivity contribution is 7.16. The Morgan fingerprint density at radius 2 is 2.14 bits per heavy atom. The van der Waals surface area contributed by atoms with Crippen LogP contribution < -0.4 is 4.80 Å². The Morgan fingerprint density at radius 3 is 2.81 bits per heavy atom. The first-order chi connectivity index (χ1) is 10.1. The average molecular weight is 357 g/mol. The number of carbonyl (C=O) groups is 1. The van der Waals surface area contributed by atoms with Crippen molar-refractivity contribution in [2.24, 2.45) is 4.99 Å². The van der Waals surface area contributed by atoms with Gasteiger partial charge in [0.15, 0.2) is 4.80 Å². The second-order valence-corrected chi connectivity index (χ2v) is 6.97. The molecule has 1 amide bonds. The Labute approximate surface area is 139 Å². The number of carbonyl (C=O) groups excluding carboxylic acids is 1. The Balaban J connectivity index is 2.24. The van der Waals surface area contributed by atoms with Gasteiger partial charge in [0.25, 0.3) is 5.91 Å². The molecule has 108 valence electrons. The zero-order valence-electron chi connectivity index (χ0n) is 11.0. The molecule has 0 aliphatic heterocycles. The van der Waals surface area contributed by atoms with Gasteiger partial charge >= 0.3 is 0 Å². The summed E-state index contributed by atoms with van der Waals surface area (Å²) in [4.78, 5) is 17.6. The molecule has 0 saturated carbocycles. The van der Waals surface area contributed by atoms with Gasteiger partial charge in [0, 0.05) is 6.54 Å². The van der Waals surface area contributed by atoms with Crippen LogP contribution in [0.4, 0.5) is 0 Å². The van der Waals surface area contributed by atoms with Gasteiger partial charge in [-0.05, 0) is 30.5 Å². The van der Waals surface area contributed by atoms with Crippen molar-refractivity contribution in [3.8, 4) is 0 Å². The van der Waals surface area contributed by atoms with E-state index in [-0.39, 0.29) is 5.91 Å². The maximum absolute atomic E-state index is 12.2. The molecule has 0 fully saturated rings. The predicted molar refractivity (Wildman–Crippen MR) is 89.7 cm³/mol. The van der Waals surface area contributed by atoms with Crippen LogP contribution in [0.25, 0.3) is 10.2 Å². The van der Waals surface area contributed by atoms with E-state index in [0.717, 1.165) is 10.2 Å². The molecular formula is C14H10Cl2N2OS2. The average Bonchev–Trinajstić information content (AvgIpc) is 3.10. The summed E-state index contributed by atoms with van der Waals surface area (Å²) in [5.74, 6) is -0.235. The van der Waals surface area contributed by atoms with E-state index < -0.39 is 0 Å². The number of nitrogens with zero attached hydrogens (tertiary/aromatic N) is 2. The number of thiazole rings is 1. The fourth-order valence-corrected chi connectivity index (χ4v) is 4.21. The van der Waals surface area contributed by atoms with Crippen LogP contribution in [-0.2, 0) is 6.54 Å². The molecule has 0 atom stereocenters. The van der Waals surface area contributed by atoms with Gasteiger partial charge in [0.1, 0.15) is 0 Å². The summed E-state index contributed by atoms with van der Waals surface area (Å²) in [6.07, 6.45) is 0. The molecule has 0 N–H and O–H groups in total. The lowest BCUT2D eigenvalue weighted by Crippen LogP contribution is -2.15. The van der Waals surface area contributed by atoms with E-state index >= 15 is 0 Å². The monoisotopic (exact) mass is 356 g/mol. The molecule has 3 rings (SSSR count). The third-order valence-electron chi connectivity index (χ3n) is 2.98. The van der Waals surface area contributed by atoms with E-state index in [1.807, 2.05) is 29.0 Å². The van der Waals surface area contributed by atoms with Crippen molar-refractivity contribution in [1.82, 2.24) is 4.57 Å². The third-order valence-corrected chi connectivity index (χ3v) is 5.68. The summed E-state index contributed by atoms with van der Waals surface area (Å²) in [6.45, 7) is 2.65. The van der Waals surface area contributed by atoms with Gasteiger partial charge in [0.2, 0.25) is 0 Å². The number of thiophene rings is 1. The van der Waals surface area contributed by atoms with Crippen molar-refractivity contribution in [2.45, 2.75) is 13.5 Å². The van der Waals surface area contributed by atoms with Gasteiger partial charge in [-0.1, -0.05) is 40.6 Å². The largest absolute Gasteiger partial charge is 0.315 e. The van der Waals surface area contributed by atoms with E-state index in [1.165, 1.54) is 22.7 Å². The Morgan fingerprint density at radius 1 is 1.33 bits per heavy atom. The van der Waals surface area contributed by atoms with Crippen molar-refractivity contribution in [3.05, 3.63) is 49.4 Å².